The lowest BCUT2D eigenvalue weighted by Gasteiger charge is -2.31. The third kappa shape index (κ3) is 3.80. The molecular formula is C22H10F2N4O2. The summed E-state index contributed by atoms with van der Waals surface area (Å²) in [4.78, 5) is 0. The summed E-state index contributed by atoms with van der Waals surface area (Å²) in [5.74, 6) is -6.83. The molecule has 0 bridgehead atoms. The first-order valence-corrected chi connectivity index (χ1v) is 8.42. The maximum Gasteiger partial charge on any atom is 0.291 e. The van der Waals surface area contributed by atoms with E-state index in [2.05, 4.69) is 0 Å². The highest BCUT2D eigenvalue weighted by Gasteiger charge is 2.49. The van der Waals surface area contributed by atoms with Gasteiger partial charge < -0.3 is 9.47 Å². The van der Waals surface area contributed by atoms with Gasteiger partial charge in [-0.25, -0.2) is 4.39 Å². The van der Waals surface area contributed by atoms with Gasteiger partial charge in [-0.05, 0) is 36.4 Å². The van der Waals surface area contributed by atoms with E-state index in [1.165, 1.54) is 54.6 Å². The summed E-state index contributed by atoms with van der Waals surface area (Å²) in [7, 11) is 0. The minimum Gasteiger partial charge on any atom is -0.454 e. The van der Waals surface area contributed by atoms with Gasteiger partial charge >= 0.3 is 0 Å². The van der Waals surface area contributed by atoms with Gasteiger partial charge in [0.1, 0.15) is 11.5 Å². The lowest BCUT2D eigenvalue weighted by molar-refractivity contribution is -0.0425. The molecule has 2 aromatic carbocycles. The zero-order chi connectivity index (χ0) is 21.7. The van der Waals surface area contributed by atoms with Crippen LogP contribution in [0.3, 0.4) is 0 Å². The Hall–Kier alpha value is -4.66. The Morgan fingerprint density at radius 1 is 0.867 bits per heavy atom. The fraction of sp³-hybridized carbons (Fsp3) is 0.0909. The van der Waals surface area contributed by atoms with E-state index in [9.17, 15) is 14.9 Å². The van der Waals surface area contributed by atoms with Crippen LogP contribution in [-0.4, -0.2) is 5.85 Å². The third-order valence-corrected chi connectivity index (χ3v) is 4.14. The molecule has 0 radical (unpaired) electrons. The summed E-state index contributed by atoms with van der Waals surface area (Å²) in [6.45, 7) is 0. The summed E-state index contributed by atoms with van der Waals surface area (Å²) in [6, 6.07) is 18.0. The normalized spacial score (nSPS) is 20.1. The minimum absolute atomic E-state index is 0.0250. The standard InChI is InChI=1S/C22H10F2N4O2/c23-21-18(12-27)19(13-28)22(24,30-17-6-2-4-15(8-17)11-26)9-20(21)29-16-5-1-3-14(7-16)10-25/h1-9,19H. The Kier molecular flexibility index (Phi) is 5.45. The molecule has 0 saturated carbocycles. The summed E-state index contributed by atoms with van der Waals surface area (Å²) < 4.78 is 41.2. The first kappa shape index (κ1) is 20.1. The summed E-state index contributed by atoms with van der Waals surface area (Å²) in [6.07, 6.45) is 0.620. The summed E-state index contributed by atoms with van der Waals surface area (Å²) >= 11 is 0. The quantitative estimate of drug-likeness (QED) is 0.754. The van der Waals surface area contributed by atoms with Crippen molar-refractivity contribution in [3.63, 3.8) is 0 Å². The molecule has 6 nitrogen and oxygen atoms in total. The topological polar surface area (TPSA) is 114 Å². The first-order valence-electron chi connectivity index (χ1n) is 8.42. The molecule has 0 N–H and O–H groups in total. The predicted molar refractivity (Wildman–Crippen MR) is 98.3 cm³/mol. The Labute approximate surface area is 170 Å². The number of hydrogen-bond acceptors (Lipinski definition) is 6. The first-order chi connectivity index (χ1) is 14.4. The van der Waals surface area contributed by atoms with Gasteiger partial charge in [0.25, 0.3) is 5.85 Å². The molecule has 30 heavy (non-hydrogen) atoms. The lowest BCUT2D eigenvalue weighted by Crippen LogP contribution is -2.41. The molecule has 0 fully saturated rings. The van der Waals surface area contributed by atoms with Crippen LogP contribution in [0.2, 0.25) is 0 Å². The minimum atomic E-state index is -2.95. The predicted octanol–water partition coefficient (Wildman–Crippen LogP) is 4.34. The summed E-state index contributed by atoms with van der Waals surface area (Å²) in [5.41, 5.74) is -0.401. The van der Waals surface area contributed by atoms with E-state index < -0.39 is 28.9 Å². The number of alkyl halides is 1. The molecule has 0 amide bonds. The van der Waals surface area contributed by atoms with Gasteiger partial charge in [-0.15, -0.1) is 0 Å². The zero-order valence-corrected chi connectivity index (χ0v) is 15.1. The Morgan fingerprint density at radius 2 is 1.47 bits per heavy atom. The van der Waals surface area contributed by atoms with Gasteiger partial charge in [-0.2, -0.15) is 25.4 Å². The molecule has 0 aromatic heterocycles. The number of halogens is 2. The van der Waals surface area contributed by atoms with Crippen LogP contribution >= 0.6 is 0 Å². The molecule has 144 valence electrons. The lowest BCUT2D eigenvalue weighted by atomic mass is 9.87. The number of benzene rings is 2. The smallest absolute Gasteiger partial charge is 0.291 e. The van der Waals surface area contributed by atoms with Crippen molar-refractivity contribution >= 4 is 0 Å². The van der Waals surface area contributed by atoms with Gasteiger partial charge in [0.05, 0.1) is 41.0 Å². The Morgan fingerprint density at radius 3 is 2.03 bits per heavy atom. The molecule has 2 atom stereocenters. The number of nitriles is 4. The van der Waals surface area contributed by atoms with Gasteiger partial charge in [0, 0.05) is 6.08 Å². The highest BCUT2D eigenvalue weighted by Crippen LogP contribution is 2.41. The molecule has 8 heteroatoms. The van der Waals surface area contributed by atoms with E-state index in [4.69, 9.17) is 20.0 Å². The molecule has 1 aliphatic carbocycles. The molecule has 1 aliphatic rings. The van der Waals surface area contributed by atoms with Crippen molar-refractivity contribution in [2.45, 2.75) is 5.85 Å². The molecule has 0 aliphatic heterocycles. The molecule has 2 aromatic rings. The number of allylic oxidation sites excluding steroid dienone is 1. The molecule has 0 spiro atoms. The Bertz CT molecular complexity index is 1240. The molecule has 0 saturated heterocycles. The number of hydrogen-bond donors (Lipinski definition) is 0. The van der Waals surface area contributed by atoms with Crippen molar-refractivity contribution in [3.05, 3.63) is 82.9 Å². The van der Waals surface area contributed by atoms with Crippen LogP contribution in [0.25, 0.3) is 0 Å². The molecule has 2 unspecified atom stereocenters. The van der Waals surface area contributed by atoms with Crippen LogP contribution in [-0.2, 0) is 0 Å². The van der Waals surface area contributed by atoms with Crippen molar-refractivity contribution in [3.8, 4) is 35.8 Å². The second-order valence-electron chi connectivity index (χ2n) is 6.09. The maximum absolute atomic E-state index is 15.8. The van der Waals surface area contributed by atoms with Gasteiger partial charge in [0.2, 0.25) is 0 Å². The fourth-order valence-electron chi connectivity index (χ4n) is 2.78. The number of ether oxygens (including phenoxy) is 2. The average Bonchev–Trinajstić information content (AvgIpc) is 2.76. The maximum atomic E-state index is 15.8. The highest BCUT2D eigenvalue weighted by atomic mass is 19.2. The number of rotatable bonds is 4. The Balaban J connectivity index is 2.06. The van der Waals surface area contributed by atoms with Gasteiger partial charge in [-0.1, -0.05) is 12.1 Å². The van der Waals surface area contributed by atoms with Crippen LogP contribution in [0.1, 0.15) is 11.1 Å². The van der Waals surface area contributed by atoms with E-state index in [1.807, 2.05) is 12.1 Å². The molecule has 3 rings (SSSR count). The molecule has 0 heterocycles. The molecular weight excluding hydrogens is 390 g/mol. The van der Waals surface area contributed by atoms with Crippen LogP contribution in [0, 0.1) is 51.2 Å². The van der Waals surface area contributed by atoms with Crippen molar-refractivity contribution in [2.24, 2.45) is 5.92 Å². The van der Waals surface area contributed by atoms with E-state index >= 15 is 4.39 Å². The van der Waals surface area contributed by atoms with Crippen molar-refractivity contribution in [1.82, 2.24) is 0 Å². The second kappa shape index (κ2) is 8.15. The van der Waals surface area contributed by atoms with E-state index in [0.29, 0.717) is 6.08 Å². The van der Waals surface area contributed by atoms with Crippen LogP contribution in [0.5, 0.6) is 11.5 Å². The van der Waals surface area contributed by atoms with Crippen LogP contribution in [0.15, 0.2) is 71.8 Å². The fourth-order valence-corrected chi connectivity index (χ4v) is 2.78. The second-order valence-corrected chi connectivity index (χ2v) is 6.09. The van der Waals surface area contributed by atoms with Crippen molar-refractivity contribution in [2.75, 3.05) is 0 Å². The number of nitrogens with zero attached hydrogens (tertiary/aromatic N) is 4. The van der Waals surface area contributed by atoms with Crippen molar-refractivity contribution in [1.29, 1.82) is 21.0 Å². The van der Waals surface area contributed by atoms with E-state index in [-0.39, 0.29) is 22.6 Å². The van der Waals surface area contributed by atoms with Gasteiger partial charge in [-0.3, -0.25) is 0 Å². The highest BCUT2D eigenvalue weighted by molar-refractivity contribution is 5.49. The van der Waals surface area contributed by atoms with Gasteiger partial charge in [0.15, 0.2) is 17.5 Å². The van der Waals surface area contributed by atoms with Crippen LogP contribution < -0.4 is 9.47 Å². The zero-order valence-electron chi connectivity index (χ0n) is 15.1. The SMILES string of the molecule is N#CC1=C(F)C(Oc2cccc(C#N)c2)=CC(F)(Oc2cccc(C#N)c2)C1C#N. The average molecular weight is 400 g/mol. The largest absolute Gasteiger partial charge is 0.454 e. The van der Waals surface area contributed by atoms with Crippen molar-refractivity contribution < 1.29 is 18.3 Å². The van der Waals surface area contributed by atoms with E-state index in [0.717, 1.165) is 0 Å². The van der Waals surface area contributed by atoms with Crippen LogP contribution in [0.4, 0.5) is 8.78 Å². The monoisotopic (exact) mass is 400 g/mol. The third-order valence-electron chi connectivity index (χ3n) is 4.14. The van der Waals surface area contributed by atoms with E-state index in [1.54, 1.807) is 6.07 Å². The summed E-state index contributed by atoms with van der Waals surface area (Å²) in [5, 5.41) is 36.7.